The Morgan fingerprint density at radius 3 is 1.95 bits per heavy atom. The molecule has 0 amide bonds. The predicted octanol–water partition coefficient (Wildman–Crippen LogP) is 5.04. The van der Waals surface area contributed by atoms with Crippen LogP contribution in [0.3, 0.4) is 0 Å². The molecule has 0 N–H and O–H groups in total. The number of benzene rings is 1. The molecule has 2 nitrogen and oxygen atoms in total. The van der Waals surface area contributed by atoms with E-state index in [0.29, 0.717) is 10.6 Å². The second kappa shape index (κ2) is 5.71. The van der Waals surface area contributed by atoms with Gasteiger partial charge in [0.15, 0.2) is 0 Å². The Bertz CT molecular complexity index is 535. The Kier molecular flexibility index (Phi) is 4.48. The van der Waals surface area contributed by atoms with E-state index in [1.807, 2.05) is 27.7 Å². The van der Waals surface area contributed by atoms with Crippen LogP contribution in [0.1, 0.15) is 33.3 Å². The summed E-state index contributed by atoms with van der Waals surface area (Å²) in [6.45, 7) is 7.57. The van der Waals surface area contributed by atoms with Gasteiger partial charge in [-0.1, -0.05) is 23.7 Å². The standard InChI is InChI=1S/C15H18BClF2O2/c1-14(2)15(3,4)21-16(20-14)9-12(13(18)19)10-5-7-11(17)8-6-10/h5-8H,9H2,1-4H3. The van der Waals surface area contributed by atoms with Gasteiger partial charge in [0, 0.05) is 16.9 Å². The molecule has 6 heteroatoms. The minimum atomic E-state index is -1.73. The normalized spacial score (nSPS) is 19.7. The first-order valence-corrected chi connectivity index (χ1v) is 7.16. The first-order chi connectivity index (χ1) is 9.62. The van der Waals surface area contributed by atoms with Gasteiger partial charge in [-0.05, 0) is 45.4 Å². The number of rotatable bonds is 3. The second-order valence-electron chi connectivity index (χ2n) is 6.14. The van der Waals surface area contributed by atoms with Gasteiger partial charge in [0.2, 0.25) is 0 Å². The lowest BCUT2D eigenvalue weighted by atomic mass is 9.78. The molecule has 0 aromatic heterocycles. The number of hydrogen-bond acceptors (Lipinski definition) is 2. The zero-order chi connectivity index (χ0) is 15.8. The van der Waals surface area contributed by atoms with Crippen molar-refractivity contribution in [3.05, 3.63) is 40.9 Å². The Morgan fingerprint density at radius 1 is 1.05 bits per heavy atom. The van der Waals surface area contributed by atoms with Crippen molar-refractivity contribution in [1.29, 1.82) is 0 Å². The highest BCUT2D eigenvalue weighted by Crippen LogP contribution is 2.40. The third-order valence-corrected chi connectivity index (χ3v) is 4.35. The summed E-state index contributed by atoms with van der Waals surface area (Å²) in [7, 11) is -0.692. The lowest BCUT2D eigenvalue weighted by Crippen LogP contribution is -2.41. The molecule has 21 heavy (non-hydrogen) atoms. The molecule has 114 valence electrons. The van der Waals surface area contributed by atoms with Gasteiger partial charge in [-0.2, -0.15) is 8.78 Å². The van der Waals surface area contributed by atoms with Gasteiger partial charge in [-0.25, -0.2) is 0 Å². The summed E-state index contributed by atoms with van der Waals surface area (Å²) < 4.78 is 38.1. The van der Waals surface area contributed by atoms with Gasteiger partial charge in [-0.15, -0.1) is 0 Å². The molecule has 1 fully saturated rings. The first kappa shape index (κ1) is 16.5. The Balaban J connectivity index is 2.20. The van der Waals surface area contributed by atoms with Gasteiger partial charge >= 0.3 is 7.12 Å². The summed E-state index contributed by atoms with van der Waals surface area (Å²) in [5.41, 5.74) is -0.718. The molecular formula is C15H18BClF2O2. The summed E-state index contributed by atoms with van der Waals surface area (Å²) in [6, 6.07) is 6.32. The van der Waals surface area contributed by atoms with Crippen molar-refractivity contribution >= 4 is 24.3 Å². The molecule has 1 aromatic rings. The van der Waals surface area contributed by atoms with Crippen molar-refractivity contribution in [3.63, 3.8) is 0 Å². The van der Waals surface area contributed by atoms with Crippen LogP contribution < -0.4 is 0 Å². The monoisotopic (exact) mass is 314 g/mol. The number of hydrogen-bond donors (Lipinski definition) is 0. The van der Waals surface area contributed by atoms with Crippen molar-refractivity contribution in [2.24, 2.45) is 0 Å². The minimum absolute atomic E-state index is 0.00315. The van der Waals surface area contributed by atoms with Gasteiger partial charge < -0.3 is 9.31 Å². The zero-order valence-corrected chi connectivity index (χ0v) is 13.3. The van der Waals surface area contributed by atoms with Crippen molar-refractivity contribution < 1.29 is 18.1 Å². The Hall–Kier alpha value is -0.905. The van der Waals surface area contributed by atoms with E-state index in [4.69, 9.17) is 20.9 Å². The molecule has 0 spiro atoms. The van der Waals surface area contributed by atoms with Crippen molar-refractivity contribution in [3.8, 4) is 0 Å². The third-order valence-electron chi connectivity index (χ3n) is 4.09. The molecule has 1 aromatic carbocycles. The molecule has 2 rings (SSSR count). The van der Waals surface area contributed by atoms with Crippen molar-refractivity contribution in [2.75, 3.05) is 0 Å². The molecule has 0 bridgehead atoms. The number of halogens is 3. The maximum absolute atomic E-state index is 13.3. The average Bonchev–Trinajstić information content (AvgIpc) is 2.55. The van der Waals surface area contributed by atoms with Crippen LogP contribution >= 0.6 is 11.6 Å². The van der Waals surface area contributed by atoms with E-state index in [1.165, 1.54) is 0 Å². The molecule has 1 aliphatic heterocycles. The van der Waals surface area contributed by atoms with E-state index >= 15 is 0 Å². The molecule has 1 aliphatic rings. The molecule has 0 aliphatic carbocycles. The van der Waals surface area contributed by atoms with Crippen LogP contribution in [0.2, 0.25) is 11.3 Å². The van der Waals surface area contributed by atoms with Crippen molar-refractivity contribution in [1.82, 2.24) is 0 Å². The Labute approximate surface area is 129 Å². The van der Waals surface area contributed by atoms with E-state index in [-0.39, 0.29) is 11.9 Å². The zero-order valence-electron chi connectivity index (χ0n) is 12.5. The predicted molar refractivity (Wildman–Crippen MR) is 81.5 cm³/mol. The van der Waals surface area contributed by atoms with Gasteiger partial charge in [0.05, 0.1) is 11.2 Å². The van der Waals surface area contributed by atoms with Gasteiger partial charge in [0.1, 0.15) is 0 Å². The van der Waals surface area contributed by atoms with E-state index in [0.717, 1.165) is 0 Å². The van der Waals surface area contributed by atoms with E-state index in [1.54, 1.807) is 24.3 Å². The summed E-state index contributed by atoms with van der Waals surface area (Å²) in [5, 5.41) is 0.507. The quantitative estimate of drug-likeness (QED) is 0.728. The largest absolute Gasteiger partial charge is 0.462 e. The first-order valence-electron chi connectivity index (χ1n) is 6.78. The van der Waals surface area contributed by atoms with E-state index in [9.17, 15) is 8.78 Å². The summed E-state index contributed by atoms with van der Waals surface area (Å²) in [5.74, 6) is 0. The maximum Gasteiger partial charge on any atom is 0.462 e. The highest BCUT2D eigenvalue weighted by atomic mass is 35.5. The SMILES string of the molecule is CC1(C)OB(CC(=C(F)F)c2ccc(Cl)cc2)OC1(C)C. The lowest BCUT2D eigenvalue weighted by molar-refractivity contribution is 0.00578. The molecule has 0 unspecified atom stereocenters. The molecule has 1 saturated heterocycles. The minimum Gasteiger partial charge on any atom is -0.403 e. The van der Waals surface area contributed by atoms with Crippen LogP contribution in [0, 0.1) is 0 Å². The van der Waals surface area contributed by atoms with Crippen LogP contribution in [0.25, 0.3) is 5.57 Å². The molecule has 1 heterocycles. The fourth-order valence-electron chi connectivity index (χ4n) is 2.17. The van der Waals surface area contributed by atoms with Gasteiger partial charge in [0.25, 0.3) is 6.08 Å². The van der Waals surface area contributed by atoms with Crippen LogP contribution in [-0.4, -0.2) is 18.3 Å². The van der Waals surface area contributed by atoms with Gasteiger partial charge in [-0.3, -0.25) is 0 Å². The molecule has 0 atom stereocenters. The van der Waals surface area contributed by atoms with Crippen LogP contribution in [0.15, 0.2) is 30.3 Å². The maximum atomic E-state index is 13.3. The highest BCUT2D eigenvalue weighted by molar-refractivity contribution is 6.48. The molecule has 0 radical (unpaired) electrons. The molecule has 0 saturated carbocycles. The van der Waals surface area contributed by atoms with Crippen LogP contribution in [-0.2, 0) is 9.31 Å². The summed E-state index contributed by atoms with van der Waals surface area (Å²) in [4.78, 5) is 0. The summed E-state index contributed by atoms with van der Waals surface area (Å²) >= 11 is 5.79. The van der Waals surface area contributed by atoms with Crippen molar-refractivity contribution in [2.45, 2.75) is 45.2 Å². The van der Waals surface area contributed by atoms with Crippen LogP contribution in [0.5, 0.6) is 0 Å². The summed E-state index contributed by atoms with van der Waals surface area (Å²) in [6.07, 6.45) is -1.73. The smallest absolute Gasteiger partial charge is 0.403 e. The van der Waals surface area contributed by atoms with E-state index in [2.05, 4.69) is 0 Å². The lowest BCUT2D eigenvalue weighted by Gasteiger charge is -2.32. The third kappa shape index (κ3) is 3.47. The average molecular weight is 315 g/mol. The molecular weight excluding hydrogens is 296 g/mol. The van der Waals surface area contributed by atoms with E-state index < -0.39 is 24.4 Å². The van der Waals surface area contributed by atoms with Crippen LogP contribution in [0.4, 0.5) is 8.78 Å². The fourth-order valence-corrected chi connectivity index (χ4v) is 2.30. The topological polar surface area (TPSA) is 18.5 Å². The Morgan fingerprint density at radius 2 is 1.52 bits per heavy atom. The highest BCUT2D eigenvalue weighted by Gasteiger charge is 2.51. The number of allylic oxidation sites excluding steroid dienone is 1. The second-order valence-corrected chi connectivity index (χ2v) is 6.57. The fraction of sp³-hybridized carbons (Fsp3) is 0.467.